The fraction of sp³-hybridized carbons (Fsp3) is 0.556. The Labute approximate surface area is 180 Å². The third-order valence-electron chi connectivity index (χ3n) is 8.41. The molecule has 0 radical (unpaired) electrons. The summed E-state index contributed by atoms with van der Waals surface area (Å²) in [7, 11) is 1.70. The first-order chi connectivity index (χ1) is 14.7. The largest absolute Gasteiger partial charge is 0.497 e. The summed E-state index contributed by atoms with van der Waals surface area (Å²) in [5.41, 5.74) is 3.58. The van der Waals surface area contributed by atoms with Gasteiger partial charge in [-0.15, -0.1) is 0 Å². The van der Waals surface area contributed by atoms with Crippen LogP contribution in [-0.2, 0) is 11.8 Å². The van der Waals surface area contributed by atoms with Crippen molar-refractivity contribution in [2.75, 3.05) is 20.2 Å². The normalized spacial score (nSPS) is 30.3. The van der Waals surface area contributed by atoms with Crippen molar-refractivity contribution in [3.8, 4) is 17.2 Å². The first-order valence-electron chi connectivity index (χ1n) is 11.9. The van der Waals surface area contributed by atoms with Gasteiger partial charge in [-0.3, -0.25) is 4.90 Å². The first kappa shape index (κ1) is 18.7. The van der Waals surface area contributed by atoms with Gasteiger partial charge in [0.1, 0.15) is 17.2 Å². The number of piperidine rings is 1. The Morgan fingerprint density at radius 2 is 1.73 bits per heavy atom. The molecule has 2 saturated carbocycles. The Balaban J connectivity index is 1.32. The van der Waals surface area contributed by atoms with Crippen LogP contribution in [-0.4, -0.2) is 31.1 Å². The zero-order valence-corrected chi connectivity index (χ0v) is 18.1. The van der Waals surface area contributed by atoms with Crippen LogP contribution in [0.2, 0.25) is 0 Å². The molecule has 0 N–H and O–H groups in total. The molecule has 3 aliphatic carbocycles. The van der Waals surface area contributed by atoms with Gasteiger partial charge >= 0.3 is 0 Å². The van der Waals surface area contributed by atoms with Crippen LogP contribution in [0.5, 0.6) is 17.2 Å². The highest BCUT2D eigenvalue weighted by Crippen LogP contribution is 2.56. The molecule has 2 aromatic rings. The van der Waals surface area contributed by atoms with E-state index < -0.39 is 0 Å². The van der Waals surface area contributed by atoms with Crippen LogP contribution in [0.1, 0.15) is 56.1 Å². The maximum absolute atomic E-state index is 6.27. The number of methoxy groups -OCH3 is 1. The summed E-state index contributed by atoms with van der Waals surface area (Å²) in [4.78, 5) is 2.89. The van der Waals surface area contributed by atoms with E-state index in [0.717, 1.165) is 35.1 Å². The van der Waals surface area contributed by atoms with E-state index in [9.17, 15) is 0 Å². The van der Waals surface area contributed by atoms with Crippen LogP contribution in [0, 0.1) is 11.8 Å². The number of rotatable bonds is 5. The summed E-state index contributed by atoms with van der Waals surface area (Å²) in [5.74, 6) is 4.55. The minimum absolute atomic E-state index is 0.385. The lowest BCUT2D eigenvalue weighted by molar-refractivity contribution is -0.0134. The average Bonchev–Trinajstić information content (AvgIpc) is 3.61. The number of hydrogen-bond acceptors (Lipinski definition) is 3. The van der Waals surface area contributed by atoms with E-state index in [0.29, 0.717) is 5.41 Å². The fourth-order valence-electron chi connectivity index (χ4n) is 6.77. The maximum atomic E-state index is 6.27. The van der Waals surface area contributed by atoms with Gasteiger partial charge in [0.2, 0.25) is 0 Å². The first-order valence-corrected chi connectivity index (χ1v) is 11.9. The van der Waals surface area contributed by atoms with Crippen LogP contribution in [0.25, 0.3) is 0 Å². The SMILES string of the molecule is COc1ccc(Oc2ccc3c(c2)[C@@]24CCCC[C@H]2[C@@H](C3)N(CC2CC2)CC4)cc1. The molecule has 1 saturated heterocycles. The van der Waals surface area contributed by atoms with E-state index in [4.69, 9.17) is 9.47 Å². The molecule has 3 fully saturated rings. The number of hydrogen-bond donors (Lipinski definition) is 0. The zero-order valence-electron chi connectivity index (χ0n) is 18.1. The lowest BCUT2D eigenvalue weighted by Crippen LogP contribution is -2.61. The van der Waals surface area contributed by atoms with Gasteiger partial charge < -0.3 is 9.47 Å². The minimum atomic E-state index is 0.385. The van der Waals surface area contributed by atoms with Crippen molar-refractivity contribution in [2.24, 2.45) is 11.8 Å². The summed E-state index contributed by atoms with van der Waals surface area (Å²) in [6.07, 6.45) is 11.1. The summed E-state index contributed by atoms with van der Waals surface area (Å²) in [6, 6.07) is 15.6. The second-order valence-electron chi connectivity index (χ2n) is 10.1. The lowest BCUT2D eigenvalue weighted by Gasteiger charge is -2.59. The van der Waals surface area contributed by atoms with Gasteiger partial charge in [0, 0.05) is 18.0 Å². The number of fused-ring (bicyclic) bond motifs is 1. The lowest BCUT2D eigenvalue weighted by atomic mass is 9.52. The molecular formula is C27H33NO2. The molecule has 30 heavy (non-hydrogen) atoms. The van der Waals surface area contributed by atoms with Crippen molar-refractivity contribution in [1.29, 1.82) is 0 Å². The summed E-state index contributed by atoms with van der Waals surface area (Å²) < 4.78 is 11.5. The highest BCUT2D eigenvalue weighted by atomic mass is 16.5. The molecule has 4 aliphatic rings. The summed E-state index contributed by atoms with van der Waals surface area (Å²) >= 11 is 0. The molecule has 0 unspecified atom stereocenters. The van der Waals surface area contributed by atoms with Gasteiger partial charge in [0.25, 0.3) is 0 Å². The number of benzene rings is 2. The Bertz CT molecular complexity index is 919. The number of ether oxygens (including phenoxy) is 2. The number of nitrogens with zero attached hydrogens (tertiary/aromatic N) is 1. The third kappa shape index (κ3) is 3.13. The van der Waals surface area contributed by atoms with Gasteiger partial charge in [-0.25, -0.2) is 0 Å². The molecule has 1 aliphatic heterocycles. The van der Waals surface area contributed by atoms with Crippen molar-refractivity contribution in [1.82, 2.24) is 4.90 Å². The van der Waals surface area contributed by atoms with Crippen molar-refractivity contribution in [2.45, 2.75) is 62.8 Å². The van der Waals surface area contributed by atoms with Crippen molar-refractivity contribution < 1.29 is 9.47 Å². The van der Waals surface area contributed by atoms with Crippen molar-refractivity contribution in [3.05, 3.63) is 53.6 Å². The Morgan fingerprint density at radius 1 is 0.933 bits per heavy atom. The van der Waals surface area contributed by atoms with Crippen LogP contribution in [0.3, 0.4) is 0 Å². The molecule has 6 rings (SSSR count). The summed E-state index contributed by atoms with van der Waals surface area (Å²) in [6.45, 7) is 2.64. The Morgan fingerprint density at radius 3 is 2.53 bits per heavy atom. The molecule has 2 bridgehead atoms. The second kappa shape index (κ2) is 7.30. The highest BCUT2D eigenvalue weighted by molar-refractivity contribution is 5.47. The zero-order chi connectivity index (χ0) is 20.1. The van der Waals surface area contributed by atoms with E-state index in [1.807, 2.05) is 24.3 Å². The average molecular weight is 404 g/mol. The van der Waals surface area contributed by atoms with E-state index in [-0.39, 0.29) is 0 Å². The second-order valence-corrected chi connectivity index (χ2v) is 10.1. The Hall–Kier alpha value is -2.00. The van der Waals surface area contributed by atoms with Gasteiger partial charge in [0.05, 0.1) is 7.11 Å². The molecule has 2 aromatic carbocycles. The molecule has 3 nitrogen and oxygen atoms in total. The van der Waals surface area contributed by atoms with Crippen LogP contribution >= 0.6 is 0 Å². The van der Waals surface area contributed by atoms with E-state index in [1.54, 1.807) is 18.2 Å². The monoisotopic (exact) mass is 403 g/mol. The third-order valence-corrected chi connectivity index (χ3v) is 8.41. The van der Waals surface area contributed by atoms with Gasteiger partial charge in [-0.05, 0) is 104 Å². The van der Waals surface area contributed by atoms with Crippen molar-refractivity contribution in [3.63, 3.8) is 0 Å². The fourth-order valence-corrected chi connectivity index (χ4v) is 6.77. The van der Waals surface area contributed by atoms with E-state index in [2.05, 4.69) is 23.1 Å². The van der Waals surface area contributed by atoms with E-state index >= 15 is 0 Å². The molecular weight excluding hydrogens is 370 g/mol. The van der Waals surface area contributed by atoms with Gasteiger partial charge in [0.15, 0.2) is 0 Å². The molecule has 0 spiro atoms. The molecule has 1 heterocycles. The molecule has 3 heteroatoms. The Kier molecular flexibility index (Phi) is 4.56. The quantitative estimate of drug-likeness (QED) is 0.615. The minimum Gasteiger partial charge on any atom is -0.497 e. The maximum Gasteiger partial charge on any atom is 0.127 e. The topological polar surface area (TPSA) is 21.7 Å². The molecule has 0 aromatic heterocycles. The van der Waals surface area contributed by atoms with Gasteiger partial charge in [-0.1, -0.05) is 18.9 Å². The molecule has 158 valence electrons. The predicted octanol–water partition coefficient (Wildman–Crippen LogP) is 5.96. The van der Waals surface area contributed by atoms with Crippen LogP contribution in [0.15, 0.2) is 42.5 Å². The van der Waals surface area contributed by atoms with Crippen molar-refractivity contribution >= 4 is 0 Å². The summed E-state index contributed by atoms with van der Waals surface area (Å²) in [5, 5.41) is 0. The van der Waals surface area contributed by atoms with Gasteiger partial charge in [-0.2, -0.15) is 0 Å². The predicted molar refractivity (Wildman–Crippen MR) is 120 cm³/mol. The number of likely N-dealkylation sites (tertiary alicyclic amines) is 1. The van der Waals surface area contributed by atoms with Crippen LogP contribution in [0.4, 0.5) is 0 Å². The van der Waals surface area contributed by atoms with Crippen LogP contribution < -0.4 is 9.47 Å². The standard InChI is InChI=1S/C27H33NO2/c1-29-21-9-11-22(12-10-21)30-23-8-7-20-16-26-24-4-2-3-13-27(24,25(20)17-23)14-15-28(26)18-19-5-6-19/h7-12,17,19,24,26H,2-6,13-16,18H2,1H3/t24-,26+,27+/m0/s1. The molecule has 0 amide bonds. The molecule has 3 atom stereocenters. The highest BCUT2D eigenvalue weighted by Gasteiger charge is 2.54. The van der Waals surface area contributed by atoms with E-state index in [1.165, 1.54) is 64.5 Å². The smallest absolute Gasteiger partial charge is 0.127 e.